The summed E-state index contributed by atoms with van der Waals surface area (Å²) >= 11 is 1.68. The van der Waals surface area contributed by atoms with Crippen LogP contribution in [0.2, 0.25) is 0 Å². The van der Waals surface area contributed by atoms with E-state index >= 15 is 0 Å². The summed E-state index contributed by atoms with van der Waals surface area (Å²) in [7, 11) is 0. The molecular weight excluding hydrogens is 248 g/mol. The van der Waals surface area contributed by atoms with E-state index in [0.29, 0.717) is 0 Å². The molecule has 1 aromatic rings. The first kappa shape index (κ1) is 13.2. The Hall–Kier alpha value is -1.26. The quantitative estimate of drug-likeness (QED) is 0.881. The maximum atomic E-state index is 10.9. The molecule has 0 radical (unpaired) electrons. The standard InChI is InChI=1S/C14H16O3S/c1-9(14(16)17)11-4-2-10(3-5-11)8-13-12(15)6-7-18-13/h2-5,8-9,12,15H,6-7H2,1H3,(H,16,17)/b13-8-/t9-,12+/m0/s1. The van der Waals surface area contributed by atoms with Gasteiger partial charge in [0.25, 0.3) is 0 Å². The van der Waals surface area contributed by atoms with Crippen molar-refractivity contribution in [1.82, 2.24) is 0 Å². The second-order valence-corrected chi connectivity index (χ2v) is 5.59. The number of rotatable bonds is 3. The third-order valence-electron chi connectivity index (χ3n) is 3.10. The van der Waals surface area contributed by atoms with Crippen LogP contribution in [0.5, 0.6) is 0 Å². The van der Waals surface area contributed by atoms with Crippen molar-refractivity contribution in [1.29, 1.82) is 0 Å². The van der Waals surface area contributed by atoms with Crippen LogP contribution in [0.4, 0.5) is 0 Å². The Kier molecular flexibility index (Phi) is 4.09. The molecule has 1 heterocycles. The van der Waals surface area contributed by atoms with Crippen LogP contribution in [-0.2, 0) is 4.79 Å². The van der Waals surface area contributed by atoms with Crippen LogP contribution in [0.25, 0.3) is 6.08 Å². The van der Waals surface area contributed by atoms with Crippen LogP contribution in [0, 0.1) is 0 Å². The number of benzene rings is 1. The molecule has 18 heavy (non-hydrogen) atoms. The van der Waals surface area contributed by atoms with Crippen LogP contribution >= 0.6 is 11.8 Å². The molecule has 0 saturated carbocycles. The van der Waals surface area contributed by atoms with E-state index in [1.807, 2.05) is 30.3 Å². The topological polar surface area (TPSA) is 57.5 Å². The summed E-state index contributed by atoms with van der Waals surface area (Å²) < 4.78 is 0. The van der Waals surface area contributed by atoms with Gasteiger partial charge in [0, 0.05) is 10.7 Å². The summed E-state index contributed by atoms with van der Waals surface area (Å²) in [5.41, 5.74) is 1.80. The van der Waals surface area contributed by atoms with Crippen molar-refractivity contribution in [3.63, 3.8) is 0 Å². The van der Waals surface area contributed by atoms with Gasteiger partial charge in [0.05, 0.1) is 12.0 Å². The van der Waals surface area contributed by atoms with E-state index in [1.54, 1.807) is 18.7 Å². The van der Waals surface area contributed by atoms with Crippen LogP contribution in [0.3, 0.4) is 0 Å². The molecule has 0 amide bonds. The minimum Gasteiger partial charge on any atom is -0.481 e. The van der Waals surface area contributed by atoms with Gasteiger partial charge in [0.1, 0.15) is 0 Å². The highest BCUT2D eigenvalue weighted by atomic mass is 32.2. The minimum atomic E-state index is -0.817. The normalized spacial score (nSPS) is 23.2. The molecule has 1 aromatic carbocycles. The van der Waals surface area contributed by atoms with Gasteiger partial charge in [-0.2, -0.15) is 0 Å². The minimum absolute atomic E-state index is 0.340. The van der Waals surface area contributed by atoms with Crippen LogP contribution in [0.15, 0.2) is 29.2 Å². The molecule has 2 rings (SSSR count). The summed E-state index contributed by atoms with van der Waals surface area (Å²) in [6.07, 6.45) is 2.44. The Morgan fingerprint density at radius 3 is 2.61 bits per heavy atom. The Bertz CT molecular complexity index is 464. The van der Waals surface area contributed by atoms with Gasteiger partial charge in [0.2, 0.25) is 0 Å². The molecule has 1 saturated heterocycles. The first-order valence-corrected chi connectivity index (χ1v) is 6.91. The van der Waals surface area contributed by atoms with E-state index < -0.39 is 11.9 Å². The Morgan fingerprint density at radius 2 is 2.11 bits per heavy atom. The molecule has 96 valence electrons. The SMILES string of the molecule is C[C@H](C(=O)O)c1ccc(/C=C2\SCC[C@H]2O)cc1. The molecule has 0 bridgehead atoms. The van der Waals surface area contributed by atoms with Crippen molar-refractivity contribution in [2.75, 3.05) is 5.75 Å². The van der Waals surface area contributed by atoms with Crippen molar-refractivity contribution in [2.45, 2.75) is 25.4 Å². The summed E-state index contributed by atoms with van der Waals surface area (Å²) in [5.74, 6) is -0.345. The first-order valence-electron chi connectivity index (χ1n) is 5.93. The van der Waals surface area contributed by atoms with E-state index in [4.69, 9.17) is 5.11 Å². The highest BCUT2D eigenvalue weighted by molar-refractivity contribution is 8.03. The molecule has 1 aliphatic heterocycles. The third-order valence-corrected chi connectivity index (χ3v) is 4.27. The fraction of sp³-hybridized carbons (Fsp3) is 0.357. The molecule has 2 N–H and O–H groups in total. The zero-order chi connectivity index (χ0) is 13.1. The average molecular weight is 264 g/mol. The predicted octanol–water partition coefficient (Wildman–Crippen LogP) is 2.71. The highest BCUT2D eigenvalue weighted by Crippen LogP contribution is 2.32. The Labute approximate surface area is 111 Å². The van der Waals surface area contributed by atoms with Gasteiger partial charge in [0.15, 0.2) is 0 Å². The number of hydrogen-bond donors (Lipinski definition) is 2. The maximum absolute atomic E-state index is 10.9. The second-order valence-electron chi connectivity index (χ2n) is 4.43. The zero-order valence-electron chi connectivity index (χ0n) is 10.2. The molecule has 4 heteroatoms. The molecular formula is C14H16O3S. The van der Waals surface area contributed by atoms with Crippen LogP contribution < -0.4 is 0 Å². The lowest BCUT2D eigenvalue weighted by atomic mass is 10.00. The number of thioether (sulfide) groups is 1. The number of aliphatic hydroxyl groups is 1. The number of carboxylic acid groups (broad SMARTS) is 1. The maximum Gasteiger partial charge on any atom is 0.310 e. The highest BCUT2D eigenvalue weighted by Gasteiger charge is 2.18. The van der Waals surface area contributed by atoms with Crippen molar-refractivity contribution in [2.24, 2.45) is 0 Å². The van der Waals surface area contributed by atoms with Gasteiger partial charge in [-0.3, -0.25) is 4.79 Å². The van der Waals surface area contributed by atoms with Crippen molar-refractivity contribution < 1.29 is 15.0 Å². The van der Waals surface area contributed by atoms with E-state index in [2.05, 4.69) is 0 Å². The van der Waals surface area contributed by atoms with Gasteiger partial charge in [-0.05, 0) is 30.5 Å². The smallest absolute Gasteiger partial charge is 0.310 e. The lowest BCUT2D eigenvalue weighted by Gasteiger charge is -2.07. The molecule has 2 atom stereocenters. The van der Waals surface area contributed by atoms with Crippen LogP contribution in [0.1, 0.15) is 30.4 Å². The molecule has 0 unspecified atom stereocenters. The molecule has 0 spiro atoms. The largest absolute Gasteiger partial charge is 0.481 e. The molecule has 0 aliphatic carbocycles. The summed E-state index contributed by atoms with van der Waals surface area (Å²) in [6.45, 7) is 1.67. The number of aliphatic carboxylic acids is 1. The first-order chi connectivity index (χ1) is 8.58. The third kappa shape index (κ3) is 2.94. The van der Waals surface area contributed by atoms with E-state index in [1.165, 1.54) is 0 Å². The van der Waals surface area contributed by atoms with E-state index in [0.717, 1.165) is 28.2 Å². The fourth-order valence-corrected chi connectivity index (χ4v) is 2.96. The number of hydrogen-bond acceptors (Lipinski definition) is 3. The van der Waals surface area contributed by atoms with Crippen LogP contribution in [-0.4, -0.2) is 28.0 Å². The molecule has 1 aliphatic rings. The van der Waals surface area contributed by atoms with Crippen molar-refractivity contribution >= 4 is 23.8 Å². The molecule has 0 aromatic heterocycles. The lowest BCUT2D eigenvalue weighted by molar-refractivity contribution is -0.138. The summed E-state index contributed by atoms with van der Waals surface area (Å²) in [4.78, 5) is 11.9. The molecule has 3 nitrogen and oxygen atoms in total. The van der Waals surface area contributed by atoms with Gasteiger partial charge in [-0.25, -0.2) is 0 Å². The molecule has 1 fully saturated rings. The summed E-state index contributed by atoms with van der Waals surface area (Å²) in [6, 6.07) is 7.45. The zero-order valence-corrected chi connectivity index (χ0v) is 11.0. The lowest BCUT2D eigenvalue weighted by Crippen LogP contribution is -2.07. The average Bonchev–Trinajstić information content (AvgIpc) is 2.75. The van der Waals surface area contributed by atoms with E-state index in [9.17, 15) is 9.90 Å². The number of carboxylic acids is 1. The van der Waals surface area contributed by atoms with E-state index in [-0.39, 0.29) is 6.10 Å². The second kappa shape index (κ2) is 5.59. The Balaban J connectivity index is 2.15. The monoisotopic (exact) mass is 264 g/mol. The van der Waals surface area contributed by atoms with Crippen molar-refractivity contribution in [3.8, 4) is 0 Å². The number of carbonyl (C=O) groups is 1. The summed E-state index contributed by atoms with van der Waals surface area (Å²) in [5, 5.41) is 18.6. The Morgan fingerprint density at radius 1 is 1.44 bits per heavy atom. The van der Waals surface area contributed by atoms with Gasteiger partial charge >= 0.3 is 5.97 Å². The number of aliphatic hydroxyl groups excluding tert-OH is 1. The van der Waals surface area contributed by atoms with Gasteiger partial charge in [-0.15, -0.1) is 11.8 Å². The van der Waals surface area contributed by atoms with Gasteiger partial charge < -0.3 is 10.2 Å². The predicted molar refractivity (Wildman–Crippen MR) is 73.6 cm³/mol. The fourth-order valence-electron chi connectivity index (χ4n) is 1.85. The van der Waals surface area contributed by atoms with Crippen molar-refractivity contribution in [3.05, 3.63) is 40.3 Å². The van der Waals surface area contributed by atoms with Gasteiger partial charge in [-0.1, -0.05) is 24.3 Å².